The number of carbonyl (C=O) groups excluding carboxylic acids is 1. The third-order valence-corrected chi connectivity index (χ3v) is 4.36. The quantitative estimate of drug-likeness (QED) is 0.629. The predicted molar refractivity (Wildman–Crippen MR) is 98.8 cm³/mol. The van der Waals surface area contributed by atoms with Gasteiger partial charge in [0.05, 0.1) is 5.25 Å². The monoisotopic (exact) mass is 362 g/mol. The highest BCUT2D eigenvalue weighted by Gasteiger charge is 2.23. The lowest BCUT2D eigenvalue weighted by molar-refractivity contribution is -0.121. The molecule has 1 aromatic carbocycles. The highest BCUT2D eigenvalue weighted by Crippen LogP contribution is 2.27. The minimum Gasteiger partial charge on any atom is -0.351 e. The number of rotatable bonds is 6. The van der Waals surface area contributed by atoms with Crippen molar-refractivity contribution >= 4 is 17.7 Å². The molecule has 1 atom stereocenters. The summed E-state index contributed by atoms with van der Waals surface area (Å²) >= 11 is 1.33. The Morgan fingerprint density at radius 1 is 1.36 bits per heavy atom. The second-order valence-electron chi connectivity index (χ2n) is 6.71. The Bertz CT molecular complexity index is 749. The van der Waals surface area contributed by atoms with Gasteiger partial charge in [-0.15, -0.1) is 16.8 Å². The highest BCUT2D eigenvalue weighted by molar-refractivity contribution is 8.00. The standard InChI is InChI=1S/C18H23FN4OS/c1-6-11-23-15(13-7-9-14(19)10-8-13)21-22-17(23)25-12(2)16(24)20-18(3,4)5/h6-10,12H,1,11H2,2-5H3,(H,20,24)/t12-/m1/s1. The van der Waals surface area contributed by atoms with Crippen molar-refractivity contribution in [2.24, 2.45) is 0 Å². The molecule has 2 aromatic rings. The summed E-state index contributed by atoms with van der Waals surface area (Å²) in [4.78, 5) is 12.3. The lowest BCUT2D eigenvalue weighted by Crippen LogP contribution is -2.44. The van der Waals surface area contributed by atoms with E-state index in [2.05, 4.69) is 22.1 Å². The van der Waals surface area contributed by atoms with Crippen LogP contribution in [0.3, 0.4) is 0 Å². The first-order valence-electron chi connectivity index (χ1n) is 8.00. The number of allylic oxidation sites excluding steroid dienone is 1. The molecule has 5 nitrogen and oxygen atoms in total. The van der Waals surface area contributed by atoms with Crippen LogP contribution >= 0.6 is 11.8 Å². The van der Waals surface area contributed by atoms with Gasteiger partial charge < -0.3 is 5.32 Å². The SMILES string of the molecule is C=CCn1c(S[C@H](C)C(=O)NC(C)(C)C)nnc1-c1ccc(F)cc1. The smallest absolute Gasteiger partial charge is 0.233 e. The van der Waals surface area contributed by atoms with Crippen LogP contribution in [0.4, 0.5) is 4.39 Å². The molecule has 0 saturated carbocycles. The van der Waals surface area contributed by atoms with Crippen LogP contribution in [-0.2, 0) is 11.3 Å². The maximum Gasteiger partial charge on any atom is 0.233 e. The van der Waals surface area contributed by atoms with E-state index < -0.39 is 0 Å². The van der Waals surface area contributed by atoms with E-state index in [0.29, 0.717) is 17.5 Å². The van der Waals surface area contributed by atoms with Crippen molar-refractivity contribution in [3.8, 4) is 11.4 Å². The number of benzene rings is 1. The molecular weight excluding hydrogens is 339 g/mol. The van der Waals surface area contributed by atoms with Crippen molar-refractivity contribution in [2.75, 3.05) is 0 Å². The summed E-state index contributed by atoms with van der Waals surface area (Å²) in [5.74, 6) is 0.250. The van der Waals surface area contributed by atoms with Crippen molar-refractivity contribution in [2.45, 2.75) is 50.2 Å². The van der Waals surface area contributed by atoms with Crippen LogP contribution in [0.15, 0.2) is 42.1 Å². The van der Waals surface area contributed by atoms with Crippen LogP contribution in [0, 0.1) is 5.82 Å². The lowest BCUT2D eigenvalue weighted by Gasteiger charge is -2.22. The normalized spacial score (nSPS) is 12.7. The largest absolute Gasteiger partial charge is 0.351 e. The van der Waals surface area contributed by atoms with Gasteiger partial charge in [-0.3, -0.25) is 9.36 Å². The zero-order chi connectivity index (χ0) is 18.6. The molecule has 0 fully saturated rings. The van der Waals surface area contributed by atoms with Gasteiger partial charge in [-0.05, 0) is 52.0 Å². The molecule has 0 saturated heterocycles. The van der Waals surface area contributed by atoms with Crippen LogP contribution < -0.4 is 5.32 Å². The second kappa shape index (κ2) is 7.82. The number of amides is 1. The fourth-order valence-corrected chi connectivity index (χ4v) is 3.02. The molecule has 25 heavy (non-hydrogen) atoms. The Kier molecular flexibility index (Phi) is 6.00. The van der Waals surface area contributed by atoms with Gasteiger partial charge in [0.25, 0.3) is 0 Å². The maximum atomic E-state index is 13.1. The molecule has 134 valence electrons. The number of hydrogen-bond donors (Lipinski definition) is 1. The van der Waals surface area contributed by atoms with Gasteiger partial charge in [0.1, 0.15) is 5.82 Å². The average molecular weight is 362 g/mol. The van der Waals surface area contributed by atoms with E-state index in [4.69, 9.17) is 0 Å². The van der Waals surface area contributed by atoms with Crippen molar-refractivity contribution in [1.82, 2.24) is 20.1 Å². The minimum absolute atomic E-state index is 0.0611. The molecule has 1 amide bonds. The lowest BCUT2D eigenvalue weighted by atomic mass is 10.1. The Morgan fingerprint density at radius 2 is 2.00 bits per heavy atom. The first-order chi connectivity index (χ1) is 11.7. The summed E-state index contributed by atoms with van der Waals surface area (Å²) < 4.78 is 15.0. The molecule has 0 aliphatic carbocycles. The molecule has 0 spiro atoms. The average Bonchev–Trinajstić information content (AvgIpc) is 2.89. The van der Waals surface area contributed by atoms with Gasteiger partial charge >= 0.3 is 0 Å². The van der Waals surface area contributed by atoms with Gasteiger partial charge in [-0.1, -0.05) is 17.8 Å². The van der Waals surface area contributed by atoms with E-state index in [1.54, 1.807) is 18.2 Å². The number of thioether (sulfide) groups is 1. The second-order valence-corrected chi connectivity index (χ2v) is 8.02. The Hall–Kier alpha value is -2.15. The summed E-state index contributed by atoms with van der Waals surface area (Å²) in [7, 11) is 0. The Morgan fingerprint density at radius 3 is 2.56 bits per heavy atom. The Balaban J connectivity index is 2.25. The zero-order valence-corrected chi connectivity index (χ0v) is 15.7. The molecular formula is C18H23FN4OS. The van der Waals surface area contributed by atoms with E-state index in [0.717, 1.165) is 5.56 Å². The van der Waals surface area contributed by atoms with Crippen LogP contribution in [0.2, 0.25) is 0 Å². The van der Waals surface area contributed by atoms with Crippen LogP contribution in [0.25, 0.3) is 11.4 Å². The number of aromatic nitrogens is 3. The van der Waals surface area contributed by atoms with Crippen molar-refractivity contribution in [3.05, 3.63) is 42.7 Å². The van der Waals surface area contributed by atoms with E-state index in [9.17, 15) is 9.18 Å². The van der Waals surface area contributed by atoms with Gasteiger partial charge in [-0.25, -0.2) is 4.39 Å². The van der Waals surface area contributed by atoms with Crippen molar-refractivity contribution in [1.29, 1.82) is 0 Å². The first kappa shape index (κ1) is 19.2. The number of halogens is 1. The van der Waals surface area contributed by atoms with E-state index >= 15 is 0 Å². The molecule has 1 N–H and O–H groups in total. The van der Waals surface area contributed by atoms with Gasteiger partial charge in [0.15, 0.2) is 11.0 Å². The summed E-state index contributed by atoms with van der Waals surface area (Å²) in [5.41, 5.74) is 0.467. The van der Waals surface area contributed by atoms with Crippen molar-refractivity contribution < 1.29 is 9.18 Å². The molecule has 0 aliphatic rings. The van der Waals surface area contributed by atoms with Crippen LogP contribution in [0.1, 0.15) is 27.7 Å². The minimum atomic E-state index is -0.326. The number of nitrogens with one attached hydrogen (secondary N) is 1. The predicted octanol–water partition coefficient (Wildman–Crippen LogP) is 3.67. The first-order valence-corrected chi connectivity index (χ1v) is 8.88. The Labute approximate surface area is 151 Å². The number of carbonyl (C=O) groups is 1. The third-order valence-electron chi connectivity index (χ3n) is 3.28. The fraction of sp³-hybridized carbons (Fsp3) is 0.389. The topological polar surface area (TPSA) is 59.8 Å². The summed E-state index contributed by atoms with van der Waals surface area (Å²) in [5, 5.41) is 11.7. The van der Waals surface area contributed by atoms with Gasteiger partial charge in [0.2, 0.25) is 5.91 Å². The summed E-state index contributed by atoms with van der Waals surface area (Å²) in [6.45, 7) is 11.9. The van der Waals surface area contributed by atoms with E-state index in [1.807, 2.05) is 32.3 Å². The molecule has 0 aliphatic heterocycles. The fourth-order valence-electron chi connectivity index (χ4n) is 2.16. The molecule has 0 radical (unpaired) electrons. The van der Waals surface area contributed by atoms with E-state index in [1.165, 1.54) is 23.9 Å². The van der Waals surface area contributed by atoms with Gasteiger partial charge in [0, 0.05) is 17.6 Å². The van der Waals surface area contributed by atoms with Gasteiger partial charge in [-0.2, -0.15) is 0 Å². The summed E-state index contributed by atoms with van der Waals surface area (Å²) in [6, 6.07) is 6.08. The van der Waals surface area contributed by atoms with E-state index in [-0.39, 0.29) is 22.5 Å². The maximum absolute atomic E-state index is 13.1. The zero-order valence-electron chi connectivity index (χ0n) is 14.9. The van der Waals surface area contributed by atoms with Crippen LogP contribution in [0.5, 0.6) is 0 Å². The third kappa shape index (κ3) is 5.16. The molecule has 1 aromatic heterocycles. The van der Waals surface area contributed by atoms with Crippen LogP contribution in [-0.4, -0.2) is 31.5 Å². The number of nitrogens with zero attached hydrogens (tertiary/aromatic N) is 3. The van der Waals surface area contributed by atoms with Crippen molar-refractivity contribution in [3.63, 3.8) is 0 Å². The molecule has 0 bridgehead atoms. The highest BCUT2D eigenvalue weighted by atomic mass is 32.2. The molecule has 0 unspecified atom stereocenters. The summed E-state index contributed by atoms with van der Waals surface area (Å²) in [6.07, 6.45) is 1.74. The number of hydrogen-bond acceptors (Lipinski definition) is 4. The molecule has 7 heteroatoms. The molecule has 2 rings (SSSR count). The molecule has 1 heterocycles.